The largest absolute Gasteiger partial charge is 0.493 e. The number of carbonyl (C=O) groups excluding carboxylic acids is 1. The number of rotatable bonds is 8. The molecule has 0 aliphatic heterocycles. The number of aromatic nitrogens is 2. The van der Waals surface area contributed by atoms with Crippen LogP contribution in [0.3, 0.4) is 0 Å². The van der Waals surface area contributed by atoms with Crippen LogP contribution >= 0.6 is 0 Å². The van der Waals surface area contributed by atoms with Crippen LogP contribution in [0.25, 0.3) is 11.5 Å². The van der Waals surface area contributed by atoms with E-state index in [-0.39, 0.29) is 24.1 Å². The molecule has 150 valence electrons. The average molecular weight is 399 g/mol. The average Bonchev–Trinajstić information content (AvgIpc) is 3.23. The van der Waals surface area contributed by atoms with Gasteiger partial charge in [-0.2, -0.15) is 0 Å². The van der Waals surface area contributed by atoms with Crippen molar-refractivity contribution in [2.24, 2.45) is 0 Å². The third kappa shape index (κ3) is 4.86. The fraction of sp³-hybridized carbons (Fsp3) is 0.211. The van der Waals surface area contributed by atoms with Gasteiger partial charge < -0.3 is 18.6 Å². The van der Waals surface area contributed by atoms with Crippen molar-refractivity contribution in [3.8, 4) is 23.0 Å². The first-order chi connectivity index (χ1) is 14.0. The normalized spacial score (nSPS) is 11.5. The molecule has 1 atom stereocenters. The maximum Gasteiger partial charge on any atom is 0.344 e. The number of ether oxygens (including phenoxy) is 3. The predicted molar refractivity (Wildman–Crippen MR) is 99.4 cm³/mol. The zero-order valence-electron chi connectivity index (χ0n) is 15.6. The Balaban J connectivity index is 1.58. The maximum atomic E-state index is 12.0. The van der Waals surface area contributed by atoms with Gasteiger partial charge in [-0.05, 0) is 31.2 Å². The van der Waals surface area contributed by atoms with Gasteiger partial charge in [0.1, 0.15) is 0 Å². The van der Waals surface area contributed by atoms with Crippen molar-refractivity contribution in [1.29, 1.82) is 0 Å². The quantitative estimate of drug-likeness (QED) is 0.318. The van der Waals surface area contributed by atoms with Gasteiger partial charge in [-0.3, -0.25) is 10.1 Å². The number of nitro benzene ring substituents is 1. The maximum absolute atomic E-state index is 12.0. The summed E-state index contributed by atoms with van der Waals surface area (Å²) in [6.07, 6.45) is -0.803. The molecule has 3 aromatic rings. The van der Waals surface area contributed by atoms with E-state index in [1.165, 1.54) is 31.4 Å². The zero-order chi connectivity index (χ0) is 20.8. The highest BCUT2D eigenvalue weighted by Crippen LogP contribution is 2.26. The molecule has 0 fully saturated rings. The van der Waals surface area contributed by atoms with E-state index < -0.39 is 17.0 Å². The van der Waals surface area contributed by atoms with Crippen molar-refractivity contribution < 1.29 is 28.3 Å². The van der Waals surface area contributed by atoms with Crippen molar-refractivity contribution >= 4 is 11.7 Å². The molecule has 0 bridgehead atoms. The molecule has 0 unspecified atom stereocenters. The van der Waals surface area contributed by atoms with Crippen LogP contribution in [0.15, 0.2) is 52.9 Å². The number of esters is 1. The first-order valence-electron chi connectivity index (χ1n) is 8.51. The molecule has 10 nitrogen and oxygen atoms in total. The Kier molecular flexibility index (Phi) is 6.03. The third-order valence-electron chi connectivity index (χ3n) is 3.84. The lowest BCUT2D eigenvalue weighted by Gasteiger charge is -2.12. The molecule has 2 aromatic carbocycles. The second-order valence-electron chi connectivity index (χ2n) is 5.82. The second kappa shape index (κ2) is 8.83. The van der Waals surface area contributed by atoms with Crippen LogP contribution in [-0.4, -0.2) is 34.8 Å². The van der Waals surface area contributed by atoms with E-state index in [1.807, 2.05) is 0 Å². The summed E-state index contributed by atoms with van der Waals surface area (Å²) in [5.74, 6) is 0.529. The van der Waals surface area contributed by atoms with Gasteiger partial charge in [-0.25, -0.2) is 4.79 Å². The van der Waals surface area contributed by atoms with Gasteiger partial charge in [0.2, 0.25) is 5.89 Å². The minimum atomic E-state index is -0.803. The summed E-state index contributed by atoms with van der Waals surface area (Å²) in [4.78, 5) is 22.2. The van der Waals surface area contributed by atoms with E-state index in [1.54, 1.807) is 31.2 Å². The summed E-state index contributed by atoms with van der Waals surface area (Å²) in [6.45, 7) is 1.25. The molecule has 29 heavy (non-hydrogen) atoms. The monoisotopic (exact) mass is 399 g/mol. The molecule has 0 aliphatic carbocycles. The molecule has 0 aliphatic rings. The molecule has 1 aromatic heterocycles. The number of carbonyl (C=O) groups is 1. The summed E-state index contributed by atoms with van der Waals surface area (Å²) in [7, 11) is 1.50. The number of hydrogen-bond acceptors (Lipinski definition) is 9. The van der Waals surface area contributed by atoms with Gasteiger partial charge >= 0.3 is 5.97 Å². The summed E-state index contributed by atoms with van der Waals surface area (Å²) < 4.78 is 21.3. The lowest BCUT2D eigenvalue weighted by atomic mass is 10.2. The Bertz CT molecular complexity index is 1000. The number of nitro groups is 1. The van der Waals surface area contributed by atoms with Gasteiger partial charge in [0.05, 0.1) is 12.0 Å². The molecule has 0 saturated carbocycles. The first kappa shape index (κ1) is 19.8. The van der Waals surface area contributed by atoms with Crippen LogP contribution in [0.2, 0.25) is 0 Å². The summed E-state index contributed by atoms with van der Waals surface area (Å²) >= 11 is 0. The molecule has 1 heterocycles. The molecule has 10 heteroatoms. The Morgan fingerprint density at radius 3 is 2.48 bits per heavy atom. The van der Waals surface area contributed by atoms with Gasteiger partial charge in [0.15, 0.2) is 24.2 Å². The van der Waals surface area contributed by atoms with Gasteiger partial charge in [-0.15, -0.1) is 10.2 Å². The van der Waals surface area contributed by atoms with Crippen LogP contribution in [0, 0.1) is 10.1 Å². The fourth-order valence-corrected chi connectivity index (χ4v) is 2.40. The van der Waals surface area contributed by atoms with Gasteiger partial charge in [-0.1, -0.05) is 12.1 Å². The van der Waals surface area contributed by atoms with Crippen LogP contribution in [0.4, 0.5) is 5.69 Å². The lowest BCUT2D eigenvalue weighted by molar-refractivity contribution is -0.384. The molecule has 0 saturated heterocycles. The van der Waals surface area contributed by atoms with E-state index in [9.17, 15) is 14.9 Å². The Morgan fingerprint density at radius 1 is 1.14 bits per heavy atom. The summed E-state index contributed by atoms with van der Waals surface area (Å²) in [5, 5.41) is 18.5. The Hall–Kier alpha value is -3.95. The topological polar surface area (TPSA) is 127 Å². The molecule has 3 rings (SSSR count). The van der Waals surface area contributed by atoms with Crippen molar-refractivity contribution in [3.63, 3.8) is 0 Å². The van der Waals surface area contributed by atoms with E-state index in [0.717, 1.165) is 0 Å². The fourth-order valence-electron chi connectivity index (χ4n) is 2.40. The van der Waals surface area contributed by atoms with Crippen LogP contribution in [0.1, 0.15) is 18.9 Å². The Labute approximate surface area is 165 Å². The number of para-hydroxylation sites is 2. The molecule has 0 radical (unpaired) electrons. The molecular weight excluding hydrogens is 382 g/mol. The summed E-state index contributed by atoms with van der Waals surface area (Å²) in [5.41, 5.74) is 0.457. The Morgan fingerprint density at radius 2 is 1.83 bits per heavy atom. The highest BCUT2D eigenvalue weighted by Gasteiger charge is 2.20. The first-order valence-corrected chi connectivity index (χ1v) is 8.51. The SMILES string of the molecule is COc1ccccc1OCC(=O)O[C@@H](C)c1nnc(-c2ccc([N+](=O)[O-])cc2)o1. The number of non-ortho nitro benzene ring substituents is 1. The van der Waals surface area contributed by atoms with Crippen molar-refractivity contribution in [2.45, 2.75) is 13.0 Å². The van der Waals surface area contributed by atoms with E-state index in [2.05, 4.69) is 10.2 Å². The predicted octanol–water partition coefficient (Wildman–Crippen LogP) is 3.34. The molecule has 0 spiro atoms. The minimum absolute atomic E-state index is 0.0502. The third-order valence-corrected chi connectivity index (χ3v) is 3.84. The number of benzene rings is 2. The zero-order valence-corrected chi connectivity index (χ0v) is 15.6. The number of methoxy groups -OCH3 is 1. The van der Waals surface area contributed by atoms with E-state index >= 15 is 0 Å². The van der Waals surface area contributed by atoms with E-state index in [0.29, 0.717) is 17.1 Å². The van der Waals surface area contributed by atoms with Crippen LogP contribution in [0.5, 0.6) is 11.5 Å². The van der Waals surface area contributed by atoms with Crippen molar-refractivity contribution in [2.75, 3.05) is 13.7 Å². The smallest absolute Gasteiger partial charge is 0.344 e. The lowest BCUT2D eigenvalue weighted by Crippen LogP contribution is -2.17. The molecular formula is C19H17N3O7. The van der Waals surface area contributed by atoms with Crippen LogP contribution in [-0.2, 0) is 9.53 Å². The minimum Gasteiger partial charge on any atom is -0.493 e. The second-order valence-corrected chi connectivity index (χ2v) is 5.82. The number of nitrogens with zero attached hydrogens (tertiary/aromatic N) is 3. The number of hydrogen-bond donors (Lipinski definition) is 0. The summed E-state index contributed by atoms with van der Waals surface area (Å²) in [6, 6.07) is 12.6. The standard InChI is InChI=1S/C19H17N3O7/c1-12(28-17(23)11-27-16-6-4-3-5-15(16)26-2)18-20-21-19(29-18)13-7-9-14(10-8-13)22(24)25/h3-10,12H,11H2,1-2H3/t12-/m0/s1. The van der Waals surface area contributed by atoms with Gasteiger partial charge in [0, 0.05) is 17.7 Å². The molecule has 0 N–H and O–H groups in total. The highest BCUT2D eigenvalue weighted by atomic mass is 16.6. The highest BCUT2D eigenvalue weighted by molar-refractivity contribution is 5.71. The van der Waals surface area contributed by atoms with Crippen LogP contribution < -0.4 is 9.47 Å². The van der Waals surface area contributed by atoms with Crippen molar-refractivity contribution in [3.05, 3.63) is 64.5 Å². The van der Waals surface area contributed by atoms with E-state index in [4.69, 9.17) is 18.6 Å². The van der Waals surface area contributed by atoms with Gasteiger partial charge in [0.25, 0.3) is 11.6 Å². The van der Waals surface area contributed by atoms with Crippen molar-refractivity contribution in [1.82, 2.24) is 10.2 Å². The molecule has 0 amide bonds.